The van der Waals surface area contributed by atoms with Crippen molar-refractivity contribution in [3.8, 4) is 17.1 Å². The van der Waals surface area contributed by atoms with E-state index in [4.69, 9.17) is 4.74 Å². The van der Waals surface area contributed by atoms with Gasteiger partial charge in [0.05, 0.1) is 11.1 Å². The van der Waals surface area contributed by atoms with E-state index in [2.05, 4.69) is 21.6 Å². The van der Waals surface area contributed by atoms with Gasteiger partial charge in [-0.1, -0.05) is 90.2 Å². The van der Waals surface area contributed by atoms with Gasteiger partial charge in [0, 0.05) is 24.0 Å². The van der Waals surface area contributed by atoms with Crippen molar-refractivity contribution in [3.05, 3.63) is 77.4 Å². The molecule has 0 aliphatic carbocycles. The van der Waals surface area contributed by atoms with Crippen molar-refractivity contribution < 1.29 is 36.6 Å². The number of halogens is 4. The number of carbonyl (C=O) groups is 2. The fourth-order valence-corrected chi connectivity index (χ4v) is 4.98. The van der Waals surface area contributed by atoms with E-state index in [1.165, 1.54) is 57.1 Å². The molecule has 0 fully saturated rings. The topological polar surface area (TPSA) is 78.4 Å². The van der Waals surface area contributed by atoms with Crippen LogP contribution in [0.3, 0.4) is 0 Å². The number of esters is 2. The number of unbranched alkanes of at least 4 members (excludes halogenated alkanes) is 10. The second-order valence-electron chi connectivity index (χ2n) is 11.5. The number of nitrogens with zero attached hydrogens (tertiary/aromatic N) is 2. The van der Waals surface area contributed by atoms with Crippen molar-refractivity contribution in [2.24, 2.45) is 0 Å². The van der Waals surface area contributed by atoms with Gasteiger partial charge in [-0.2, -0.15) is 13.2 Å². The number of hydrogen-bond donors (Lipinski definition) is 0. The Balaban J connectivity index is 1.51. The number of ether oxygens (including phenoxy) is 2. The lowest BCUT2D eigenvalue weighted by molar-refractivity contribution is -0.206. The molecular weight excluding hydrogens is 600 g/mol. The summed E-state index contributed by atoms with van der Waals surface area (Å²) >= 11 is 0. The Bertz CT molecular complexity index is 1360. The van der Waals surface area contributed by atoms with E-state index in [0.29, 0.717) is 17.8 Å². The van der Waals surface area contributed by atoms with E-state index in [1.54, 1.807) is 12.1 Å². The first-order valence-corrected chi connectivity index (χ1v) is 16.3. The number of rotatable bonds is 19. The maximum absolute atomic E-state index is 14.7. The van der Waals surface area contributed by atoms with Gasteiger partial charge in [0.15, 0.2) is 11.9 Å². The molecule has 2 aromatic carbocycles. The van der Waals surface area contributed by atoms with Gasteiger partial charge < -0.3 is 9.47 Å². The number of aryl methyl sites for hydroxylation is 1. The van der Waals surface area contributed by atoms with Crippen LogP contribution in [0.2, 0.25) is 0 Å². The smallest absolute Gasteiger partial charge is 0.425 e. The van der Waals surface area contributed by atoms with E-state index < -0.39 is 42.0 Å². The van der Waals surface area contributed by atoms with E-state index in [-0.39, 0.29) is 17.7 Å². The highest BCUT2D eigenvalue weighted by molar-refractivity contribution is 5.92. The first-order valence-electron chi connectivity index (χ1n) is 16.3. The Morgan fingerprint density at radius 2 is 1.35 bits per heavy atom. The number of benzene rings is 2. The molecule has 0 saturated carbocycles. The molecule has 0 spiro atoms. The molecule has 0 bridgehead atoms. The summed E-state index contributed by atoms with van der Waals surface area (Å²) in [6.07, 6.45) is 9.47. The molecule has 6 nitrogen and oxygen atoms in total. The Morgan fingerprint density at radius 1 is 0.761 bits per heavy atom. The predicted octanol–water partition coefficient (Wildman–Crippen LogP) is 10.2. The van der Waals surface area contributed by atoms with Gasteiger partial charge in [0.2, 0.25) is 0 Å². The fourth-order valence-electron chi connectivity index (χ4n) is 4.98. The standard InChI is InChI=1S/C36H44F4N2O4/c1-3-5-7-9-10-11-12-13-15-26-24-41-33(42-25-26)27-17-19-28(20-18-27)34(43)45-29-21-22-30(31(37)23-29)35(44)46-32(36(38,39)40)16-14-8-6-4-2/h17-25,32H,3-16H2,1-2H3. The lowest BCUT2D eigenvalue weighted by Gasteiger charge is -2.21. The summed E-state index contributed by atoms with van der Waals surface area (Å²) in [7, 11) is 0. The van der Waals surface area contributed by atoms with Crippen molar-refractivity contribution in [3.63, 3.8) is 0 Å². The molecule has 10 heteroatoms. The molecular formula is C36H44F4N2O4. The molecule has 3 aromatic rings. The minimum atomic E-state index is -4.77. The van der Waals surface area contributed by atoms with Gasteiger partial charge in [0.25, 0.3) is 0 Å². The molecule has 0 saturated heterocycles. The monoisotopic (exact) mass is 644 g/mol. The molecule has 0 radical (unpaired) electrons. The first kappa shape index (κ1) is 36.6. The molecule has 1 aromatic heterocycles. The summed E-state index contributed by atoms with van der Waals surface area (Å²) in [6, 6.07) is 9.20. The lowest BCUT2D eigenvalue weighted by Crippen LogP contribution is -2.34. The van der Waals surface area contributed by atoms with Crippen LogP contribution in [0.4, 0.5) is 17.6 Å². The predicted molar refractivity (Wildman–Crippen MR) is 169 cm³/mol. The summed E-state index contributed by atoms with van der Waals surface area (Å²) in [5.74, 6) is -3.09. The molecule has 0 aliphatic rings. The second-order valence-corrected chi connectivity index (χ2v) is 11.5. The Morgan fingerprint density at radius 3 is 1.93 bits per heavy atom. The quantitative estimate of drug-likeness (QED) is 0.0559. The van der Waals surface area contributed by atoms with E-state index in [9.17, 15) is 27.2 Å². The fraction of sp³-hybridized carbons (Fsp3) is 0.500. The van der Waals surface area contributed by atoms with Crippen molar-refractivity contribution >= 4 is 11.9 Å². The van der Waals surface area contributed by atoms with Crippen molar-refractivity contribution in [1.82, 2.24) is 9.97 Å². The van der Waals surface area contributed by atoms with Crippen molar-refractivity contribution in [2.45, 2.75) is 116 Å². The molecule has 1 atom stereocenters. The Labute approximate surface area is 268 Å². The zero-order valence-corrected chi connectivity index (χ0v) is 26.7. The van der Waals surface area contributed by atoms with Crippen LogP contribution in [0.5, 0.6) is 5.75 Å². The summed E-state index contributed by atoms with van der Waals surface area (Å²) in [4.78, 5) is 33.9. The molecule has 3 rings (SSSR count). The third-order valence-electron chi connectivity index (χ3n) is 7.71. The lowest BCUT2D eigenvalue weighted by atomic mass is 10.1. The van der Waals surface area contributed by atoms with Gasteiger partial charge >= 0.3 is 18.1 Å². The van der Waals surface area contributed by atoms with Crippen LogP contribution in [-0.4, -0.2) is 34.2 Å². The van der Waals surface area contributed by atoms with Crippen LogP contribution in [0.1, 0.15) is 124 Å². The van der Waals surface area contributed by atoms with Crippen LogP contribution >= 0.6 is 0 Å². The highest BCUT2D eigenvalue weighted by atomic mass is 19.4. The molecule has 0 amide bonds. The van der Waals surface area contributed by atoms with Crippen LogP contribution in [0.15, 0.2) is 54.9 Å². The van der Waals surface area contributed by atoms with Gasteiger partial charge in [-0.15, -0.1) is 0 Å². The molecule has 0 N–H and O–H groups in total. The average molecular weight is 645 g/mol. The number of hydrogen-bond acceptors (Lipinski definition) is 6. The Kier molecular flexibility index (Phi) is 15.1. The summed E-state index contributed by atoms with van der Waals surface area (Å²) < 4.78 is 64.7. The van der Waals surface area contributed by atoms with Crippen LogP contribution in [-0.2, 0) is 11.2 Å². The summed E-state index contributed by atoms with van der Waals surface area (Å²) in [5, 5.41) is 0. The van der Waals surface area contributed by atoms with E-state index in [1.807, 2.05) is 19.3 Å². The highest BCUT2D eigenvalue weighted by Crippen LogP contribution is 2.29. The zero-order valence-electron chi connectivity index (χ0n) is 26.7. The SMILES string of the molecule is CCCCCCCCCCc1cnc(-c2ccc(C(=O)Oc3ccc(C(=O)OC(CCCCCC)C(F)(F)F)c(F)c3)cc2)nc1. The van der Waals surface area contributed by atoms with Crippen LogP contribution in [0, 0.1) is 5.82 Å². The van der Waals surface area contributed by atoms with Gasteiger partial charge in [0.1, 0.15) is 11.6 Å². The molecule has 250 valence electrons. The maximum atomic E-state index is 14.7. The summed E-state index contributed by atoms with van der Waals surface area (Å²) in [5.41, 5.74) is 1.27. The molecule has 0 aliphatic heterocycles. The first-order chi connectivity index (χ1) is 22.1. The van der Waals surface area contributed by atoms with Crippen molar-refractivity contribution in [2.75, 3.05) is 0 Å². The normalized spacial score (nSPS) is 12.1. The third-order valence-corrected chi connectivity index (χ3v) is 7.71. The van der Waals surface area contributed by atoms with Gasteiger partial charge in [-0.05, 0) is 55.5 Å². The molecule has 1 heterocycles. The number of alkyl halides is 3. The average Bonchev–Trinajstić information content (AvgIpc) is 3.03. The zero-order chi connectivity index (χ0) is 33.4. The minimum Gasteiger partial charge on any atom is -0.449 e. The van der Waals surface area contributed by atoms with Gasteiger partial charge in [-0.3, -0.25) is 0 Å². The maximum Gasteiger partial charge on any atom is 0.425 e. The van der Waals surface area contributed by atoms with Crippen LogP contribution < -0.4 is 4.74 Å². The summed E-state index contributed by atoms with van der Waals surface area (Å²) in [6.45, 7) is 4.15. The van der Waals surface area contributed by atoms with Crippen LogP contribution in [0.25, 0.3) is 11.4 Å². The number of carbonyl (C=O) groups excluding carboxylic acids is 2. The highest BCUT2D eigenvalue weighted by Gasteiger charge is 2.42. The largest absolute Gasteiger partial charge is 0.449 e. The van der Waals surface area contributed by atoms with Gasteiger partial charge in [-0.25, -0.2) is 23.9 Å². The van der Waals surface area contributed by atoms with E-state index >= 15 is 0 Å². The second kappa shape index (κ2) is 19.0. The van der Waals surface area contributed by atoms with E-state index in [0.717, 1.165) is 49.4 Å². The third kappa shape index (κ3) is 12.2. The number of aromatic nitrogens is 2. The molecule has 46 heavy (non-hydrogen) atoms. The van der Waals surface area contributed by atoms with Crippen molar-refractivity contribution in [1.29, 1.82) is 0 Å². The Hall–Kier alpha value is -3.82. The molecule has 1 unspecified atom stereocenters. The minimum absolute atomic E-state index is 0.176.